The van der Waals surface area contributed by atoms with Crippen molar-refractivity contribution >= 4 is 11.7 Å². The predicted octanol–water partition coefficient (Wildman–Crippen LogP) is 2.61. The van der Waals surface area contributed by atoms with Gasteiger partial charge in [0.25, 0.3) is 0 Å². The lowest BCUT2D eigenvalue weighted by atomic mass is 9.92. The van der Waals surface area contributed by atoms with Gasteiger partial charge in [-0.05, 0) is 51.2 Å². The number of hydrogen-bond acceptors (Lipinski definition) is 3. The lowest BCUT2D eigenvalue weighted by molar-refractivity contribution is 0.376. The molecule has 2 heterocycles. The number of nitrogen functional groups attached to an aromatic ring is 1. The molecule has 1 aromatic heterocycles. The number of rotatable bonds is 2. The maximum absolute atomic E-state index is 7.82. The Balaban J connectivity index is 2.46. The molecule has 0 aliphatic carbocycles. The van der Waals surface area contributed by atoms with E-state index in [-0.39, 0.29) is 5.84 Å². The second-order valence-electron chi connectivity index (χ2n) is 5.86. The molecule has 0 radical (unpaired) electrons. The molecule has 4 heteroatoms. The maximum Gasteiger partial charge on any atom is 0.140 e. The second-order valence-corrected chi connectivity index (χ2v) is 5.86. The monoisotopic (exact) mass is 260 g/mol. The smallest absolute Gasteiger partial charge is 0.140 e. The minimum absolute atomic E-state index is 0.117. The third-order valence-electron chi connectivity index (χ3n) is 4.01. The molecule has 19 heavy (non-hydrogen) atoms. The average molecular weight is 260 g/mol. The van der Waals surface area contributed by atoms with Gasteiger partial charge in [-0.3, -0.25) is 5.41 Å². The van der Waals surface area contributed by atoms with Crippen molar-refractivity contribution < 1.29 is 0 Å². The molecule has 4 nitrogen and oxygen atoms in total. The molecule has 0 amide bonds. The van der Waals surface area contributed by atoms with Crippen molar-refractivity contribution in [3.63, 3.8) is 0 Å². The Bertz CT molecular complexity index is 495. The summed E-state index contributed by atoms with van der Waals surface area (Å²) >= 11 is 0. The number of piperidine rings is 1. The van der Waals surface area contributed by atoms with Crippen LogP contribution in [0.25, 0.3) is 0 Å². The van der Waals surface area contributed by atoms with E-state index in [1.165, 1.54) is 12.8 Å². The zero-order valence-corrected chi connectivity index (χ0v) is 12.3. The molecule has 1 saturated heterocycles. The van der Waals surface area contributed by atoms with Crippen molar-refractivity contribution in [1.82, 2.24) is 4.98 Å². The summed E-state index contributed by atoms with van der Waals surface area (Å²) in [5.41, 5.74) is 8.59. The van der Waals surface area contributed by atoms with Crippen LogP contribution in [0.3, 0.4) is 0 Å². The minimum Gasteiger partial charge on any atom is -0.384 e. The summed E-state index contributed by atoms with van der Waals surface area (Å²) in [5.74, 6) is 1.77. The van der Waals surface area contributed by atoms with Gasteiger partial charge in [-0.15, -0.1) is 0 Å². The van der Waals surface area contributed by atoms with Gasteiger partial charge in [-0.25, -0.2) is 4.98 Å². The molecule has 2 unspecified atom stereocenters. The molecule has 0 aromatic carbocycles. The quantitative estimate of drug-likeness (QED) is 0.634. The summed E-state index contributed by atoms with van der Waals surface area (Å²) in [7, 11) is 0. The first-order chi connectivity index (χ1) is 8.90. The van der Waals surface area contributed by atoms with Crippen LogP contribution >= 0.6 is 0 Å². The fraction of sp³-hybridized carbons (Fsp3) is 0.600. The summed E-state index contributed by atoms with van der Waals surface area (Å²) in [4.78, 5) is 6.98. The number of aryl methyl sites for hydroxylation is 2. The molecule has 0 saturated carbocycles. The van der Waals surface area contributed by atoms with Crippen molar-refractivity contribution in [3.05, 3.63) is 22.9 Å². The molecular formula is C15H24N4. The van der Waals surface area contributed by atoms with E-state index in [0.29, 0.717) is 6.04 Å². The van der Waals surface area contributed by atoms with Gasteiger partial charge in [0.2, 0.25) is 0 Å². The molecule has 0 spiro atoms. The highest BCUT2D eigenvalue weighted by Crippen LogP contribution is 2.30. The van der Waals surface area contributed by atoms with Crippen molar-refractivity contribution in [2.75, 3.05) is 11.4 Å². The van der Waals surface area contributed by atoms with Gasteiger partial charge in [-0.2, -0.15) is 0 Å². The predicted molar refractivity (Wildman–Crippen MR) is 79.9 cm³/mol. The molecule has 1 aliphatic heterocycles. The maximum atomic E-state index is 7.82. The highest BCUT2D eigenvalue weighted by atomic mass is 15.2. The van der Waals surface area contributed by atoms with Gasteiger partial charge < -0.3 is 10.6 Å². The third kappa shape index (κ3) is 2.72. The topological polar surface area (TPSA) is 66.0 Å². The number of anilines is 1. The lowest BCUT2D eigenvalue weighted by Gasteiger charge is -2.38. The molecule has 2 rings (SSSR count). The van der Waals surface area contributed by atoms with E-state index in [0.717, 1.165) is 35.1 Å². The average Bonchev–Trinajstić information content (AvgIpc) is 2.26. The number of pyridine rings is 1. The summed E-state index contributed by atoms with van der Waals surface area (Å²) in [6, 6.07) is 2.45. The van der Waals surface area contributed by atoms with Crippen LogP contribution in [0, 0.1) is 25.2 Å². The molecule has 104 valence electrons. The van der Waals surface area contributed by atoms with Crippen LogP contribution in [0.4, 0.5) is 5.82 Å². The molecule has 1 fully saturated rings. The lowest BCUT2D eigenvalue weighted by Crippen LogP contribution is -2.42. The van der Waals surface area contributed by atoms with Gasteiger partial charge in [-0.1, -0.05) is 6.92 Å². The van der Waals surface area contributed by atoms with Gasteiger partial charge in [0.15, 0.2) is 0 Å². The zero-order valence-electron chi connectivity index (χ0n) is 12.3. The fourth-order valence-corrected chi connectivity index (χ4v) is 3.08. The van der Waals surface area contributed by atoms with E-state index in [4.69, 9.17) is 11.1 Å². The number of hydrogen-bond donors (Lipinski definition) is 2. The first-order valence-electron chi connectivity index (χ1n) is 6.99. The highest BCUT2D eigenvalue weighted by Gasteiger charge is 2.27. The fourth-order valence-electron chi connectivity index (χ4n) is 3.08. The number of amidine groups is 1. The van der Waals surface area contributed by atoms with Gasteiger partial charge in [0.1, 0.15) is 11.7 Å². The molecule has 3 N–H and O–H groups in total. The van der Waals surface area contributed by atoms with E-state index >= 15 is 0 Å². The standard InChI is InChI=1S/C15H24N4/c1-9-5-6-19(12(4)7-9)15-13(14(16)17)10(2)8-11(3)18-15/h8-9,12H,5-7H2,1-4H3,(H3,16,17). The molecule has 1 aliphatic rings. The van der Waals surface area contributed by atoms with E-state index < -0.39 is 0 Å². The first kappa shape index (κ1) is 13.8. The van der Waals surface area contributed by atoms with Crippen molar-refractivity contribution in [1.29, 1.82) is 5.41 Å². The van der Waals surface area contributed by atoms with Crippen LogP contribution in [-0.2, 0) is 0 Å². The largest absolute Gasteiger partial charge is 0.384 e. The van der Waals surface area contributed by atoms with Crippen LogP contribution in [0.5, 0.6) is 0 Å². The van der Waals surface area contributed by atoms with E-state index in [1.807, 2.05) is 19.9 Å². The summed E-state index contributed by atoms with van der Waals surface area (Å²) in [5, 5.41) is 7.82. The van der Waals surface area contributed by atoms with E-state index in [9.17, 15) is 0 Å². The Hall–Kier alpha value is -1.58. The second kappa shape index (κ2) is 5.19. The van der Waals surface area contributed by atoms with Crippen molar-refractivity contribution in [2.24, 2.45) is 11.7 Å². The van der Waals surface area contributed by atoms with Gasteiger partial charge >= 0.3 is 0 Å². The van der Waals surface area contributed by atoms with Crippen LogP contribution in [0.1, 0.15) is 43.5 Å². The van der Waals surface area contributed by atoms with E-state index in [2.05, 4.69) is 23.7 Å². The normalized spacial score (nSPS) is 23.5. The van der Waals surface area contributed by atoms with Crippen molar-refractivity contribution in [2.45, 2.75) is 46.6 Å². The first-order valence-corrected chi connectivity index (χ1v) is 6.99. The zero-order chi connectivity index (χ0) is 14.2. The summed E-state index contributed by atoms with van der Waals surface area (Å²) < 4.78 is 0. The Morgan fingerprint density at radius 3 is 2.68 bits per heavy atom. The van der Waals surface area contributed by atoms with Gasteiger partial charge in [0, 0.05) is 18.3 Å². The molecule has 0 bridgehead atoms. The van der Waals surface area contributed by atoms with Crippen LogP contribution in [0.2, 0.25) is 0 Å². The highest BCUT2D eigenvalue weighted by molar-refractivity contribution is 6.01. The SMILES string of the molecule is Cc1cc(C)c(C(=N)N)c(N2CCC(C)CC2C)n1. The Labute approximate surface area is 115 Å². The number of nitrogens with zero attached hydrogens (tertiary/aromatic N) is 2. The Morgan fingerprint density at radius 1 is 1.42 bits per heavy atom. The molecular weight excluding hydrogens is 236 g/mol. The molecule has 2 atom stereocenters. The third-order valence-corrected chi connectivity index (χ3v) is 4.01. The summed E-state index contributed by atoms with van der Waals surface area (Å²) in [6.07, 6.45) is 2.35. The minimum atomic E-state index is 0.117. The molecule has 1 aromatic rings. The van der Waals surface area contributed by atoms with Crippen LogP contribution in [-0.4, -0.2) is 23.4 Å². The summed E-state index contributed by atoms with van der Waals surface area (Å²) in [6.45, 7) is 9.54. The number of aromatic nitrogens is 1. The van der Waals surface area contributed by atoms with E-state index in [1.54, 1.807) is 0 Å². The number of nitrogens with one attached hydrogen (secondary N) is 1. The van der Waals surface area contributed by atoms with Gasteiger partial charge in [0.05, 0.1) is 5.56 Å². The number of nitrogens with two attached hydrogens (primary N) is 1. The van der Waals surface area contributed by atoms with Crippen LogP contribution < -0.4 is 10.6 Å². The van der Waals surface area contributed by atoms with Crippen molar-refractivity contribution in [3.8, 4) is 0 Å². The Kier molecular flexibility index (Phi) is 3.78. The van der Waals surface area contributed by atoms with Crippen LogP contribution in [0.15, 0.2) is 6.07 Å². The Morgan fingerprint density at radius 2 is 2.11 bits per heavy atom.